The second-order valence-electron chi connectivity index (χ2n) is 6.79. The number of thiazole rings is 1. The molecule has 2 N–H and O–H groups in total. The molecule has 1 fully saturated rings. The second kappa shape index (κ2) is 8.20. The van der Waals surface area contributed by atoms with E-state index in [2.05, 4.69) is 20.7 Å². The number of carbonyl (C=O) groups excluding carboxylic acids is 1. The van der Waals surface area contributed by atoms with Crippen molar-refractivity contribution in [2.75, 3.05) is 18.4 Å². The van der Waals surface area contributed by atoms with Crippen LogP contribution in [-0.2, 0) is 6.42 Å². The summed E-state index contributed by atoms with van der Waals surface area (Å²) in [4.78, 5) is 18.4. The lowest BCUT2D eigenvalue weighted by atomic mass is 9.97. The van der Waals surface area contributed by atoms with Crippen LogP contribution in [0, 0.1) is 5.82 Å². The van der Waals surface area contributed by atoms with Gasteiger partial charge in [0.2, 0.25) is 0 Å². The molecule has 3 heterocycles. The van der Waals surface area contributed by atoms with Gasteiger partial charge in [-0.25, -0.2) is 14.1 Å². The first kappa shape index (κ1) is 18.8. The molecule has 0 bridgehead atoms. The Morgan fingerprint density at radius 3 is 2.75 bits per heavy atom. The first-order valence-corrected chi connectivity index (χ1v) is 10.3. The lowest BCUT2D eigenvalue weighted by molar-refractivity contribution is 0.102. The van der Waals surface area contributed by atoms with Crippen LogP contribution in [0.15, 0.2) is 36.7 Å². The van der Waals surface area contributed by atoms with Gasteiger partial charge in [0.15, 0.2) is 5.13 Å². The smallest absolute Gasteiger partial charge is 0.260 e. The van der Waals surface area contributed by atoms with Crippen molar-refractivity contribution in [3.8, 4) is 5.69 Å². The van der Waals surface area contributed by atoms with E-state index < -0.39 is 0 Å². The zero-order valence-electron chi connectivity index (χ0n) is 15.6. The molecule has 0 unspecified atom stereocenters. The summed E-state index contributed by atoms with van der Waals surface area (Å²) in [6, 6.07) is 6.06. The highest BCUT2D eigenvalue weighted by atomic mass is 32.1. The van der Waals surface area contributed by atoms with Crippen LogP contribution in [0.5, 0.6) is 0 Å². The molecule has 3 aromatic rings. The van der Waals surface area contributed by atoms with Crippen LogP contribution in [0.25, 0.3) is 5.69 Å². The van der Waals surface area contributed by atoms with E-state index >= 15 is 0 Å². The molecular weight excluding hydrogens is 377 g/mol. The minimum atomic E-state index is -0.305. The number of nitrogens with one attached hydrogen (secondary N) is 2. The third-order valence-corrected chi connectivity index (χ3v) is 6.08. The summed E-state index contributed by atoms with van der Waals surface area (Å²) in [6.07, 6.45) is 6.25. The number of piperidine rings is 1. The number of benzene rings is 1. The van der Waals surface area contributed by atoms with Gasteiger partial charge in [-0.2, -0.15) is 5.10 Å². The van der Waals surface area contributed by atoms with Crippen LogP contribution >= 0.6 is 11.3 Å². The average molecular weight is 399 g/mol. The molecule has 0 spiro atoms. The Bertz CT molecular complexity index is 959. The van der Waals surface area contributed by atoms with E-state index in [0.29, 0.717) is 23.0 Å². The Hall–Kier alpha value is -2.58. The van der Waals surface area contributed by atoms with Crippen molar-refractivity contribution in [1.29, 1.82) is 0 Å². The zero-order valence-corrected chi connectivity index (χ0v) is 16.4. The number of carbonyl (C=O) groups is 1. The molecule has 1 aromatic carbocycles. The fourth-order valence-corrected chi connectivity index (χ4v) is 4.49. The van der Waals surface area contributed by atoms with Crippen molar-refractivity contribution in [3.63, 3.8) is 0 Å². The fraction of sp³-hybridized carbons (Fsp3) is 0.350. The molecule has 1 amide bonds. The van der Waals surface area contributed by atoms with Crippen molar-refractivity contribution in [2.45, 2.75) is 32.1 Å². The van der Waals surface area contributed by atoms with Gasteiger partial charge < -0.3 is 5.32 Å². The molecular formula is C20H22FN5OS. The van der Waals surface area contributed by atoms with Gasteiger partial charge in [-0.05, 0) is 62.5 Å². The Morgan fingerprint density at radius 1 is 1.29 bits per heavy atom. The molecule has 4 rings (SSSR count). The van der Waals surface area contributed by atoms with Crippen LogP contribution < -0.4 is 10.6 Å². The van der Waals surface area contributed by atoms with E-state index in [1.165, 1.54) is 17.0 Å². The summed E-state index contributed by atoms with van der Waals surface area (Å²) in [6.45, 7) is 4.01. The number of nitrogens with zero attached hydrogens (tertiary/aromatic N) is 3. The maximum Gasteiger partial charge on any atom is 0.260 e. The number of aromatic nitrogens is 3. The van der Waals surface area contributed by atoms with Gasteiger partial charge >= 0.3 is 0 Å². The van der Waals surface area contributed by atoms with Crippen LogP contribution in [0.4, 0.5) is 9.52 Å². The SMILES string of the molecule is CCc1c(C(=O)Nc2ncc(C3CCNCC3)s2)cnn1-c1ccc(F)cc1. The summed E-state index contributed by atoms with van der Waals surface area (Å²) in [5.74, 6) is -0.0199. The van der Waals surface area contributed by atoms with Crippen LogP contribution in [0.1, 0.15) is 46.6 Å². The van der Waals surface area contributed by atoms with Crippen molar-refractivity contribution in [2.24, 2.45) is 0 Å². The maximum atomic E-state index is 13.2. The van der Waals surface area contributed by atoms with Gasteiger partial charge in [-0.15, -0.1) is 11.3 Å². The van der Waals surface area contributed by atoms with Crippen LogP contribution in [-0.4, -0.2) is 33.8 Å². The molecule has 0 atom stereocenters. The molecule has 6 nitrogen and oxygen atoms in total. The molecule has 1 aliphatic heterocycles. The molecule has 0 saturated carbocycles. The minimum Gasteiger partial charge on any atom is -0.317 e. The number of hydrogen-bond acceptors (Lipinski definition) is 5. The van der Waals surface area contributed by atoms with Gasteiger partial charge in [-0.3, -0.25) is 10.1 Å². The minimum absolute atomic E-state index is 0.226. The normalized spacial score (nSPS) is 14.9. The van der Waals surface area contributed by atoms with E-state index in [0.717, 1.165) is 37.3 Å². The Morgan fingerprint density at radius 2 is 2.04 bits per heavy atom. The molecule has 28 heavy (non-hydrogen) atoms. The van der Waals surface area contributed by atoms with E-state index in [1.807, 2.05) is 13.1 Å². The fourth-order valence-electron chi connectivity index (χ4n) is 3.51. The largest absolute Gasteiger partial charge is 0.317 e. The lowest BCUT2D eigenvalue weighted by Gasteiger charge is -2.20. The standard InChI is InChI=1S/C20H22FN5OS/c1-2-17-16(11-24-26(17)15-5-3-14(21)4-6-15)19(27)25-20-23-12-18(28-20)13-7-9-22-10-8-13/h3-6,11-13,22H,2,7-10H2,1H3,(H,23,25,27). The van der Waals surface area contributed by atoms with Crippen LogP contribution in [0.3, 0.4) is 0 Å². The second-order valence-corrected chi connectivity index (χ2v) is 7.86. The molecule has 146 valence electrons. The third-order valence-electron chi connectivity index (χ3n) is 5.01. The van der Waals surface area contributed by atoms with Crippen molar-refractivity contribution < 1.29 is 9.18 Å². The van der Waals surface area contributed by atoms with Gasteiger partial charge in [0.1, 0.15) is 5.82 Å². The molecule has 1 aliphatic rings. The van der Waals surface area contributed by atoms with Gasteiger partial charge in [0, 0.05) is 11.1 Å². The molecule has 8 heteroatoms. The van der Waals surface area contributed by atoms with Gasteiger partial charge in [0.25, 0.3) is 5.91 Å². The quantitative estimate of drug-likeness (QED) is 0.685. The monoisotopic (exact) mass is 399 g/mol. The Kier molecular flexibility index (Phi) is 5.50. The summed E-state index contributed by atoms with van der Waals surface area (Å²) in [5.41, 5.74) is 2.00. The average Bonchev–Trinajstić information content (AvgIpc) is 3.36. The van der Waals surface area contributed by atoms with Gasteiger partial charge in [0.05, 0.1) is 23.1 Å². The molecule has 2 aromatic heterocycles. The molecule has 1 saturated heterocycles. The number of amides is 1. The number of hydrogen-bond donors (Lipinski definition) is 2. The maximum absolute atomic E-state index is 13.2. The third kappa shape index (κ3) is 3.83. The summed E-state index contributed by atoms with van der Waals surface area (Å²) in [5, 5.41) is 11.2. The van der Waals surface area contributed by atoms with E-state index in [4.69, 9.17) is 0 Å². The summed E-state index contributed by atoms with van der Waals surface area (Å²) in [7, 11) is 0. The highest BCUT2D eigenvalue weighted by Crippen LogP contribution is 2.32. The summed E-state index contributed by atoms with van der Waals surface area (Å²) < 4.78 is 14.9. The first-order chi connectivity index (χ1) is 13.7. The first-order valence-electron chi connectivity index (χ1n) is 9.46. The number of anilines is 1. The van der Waals surface area contributed by atoms with Crippen molar-refractivity contribution in [1.82, 2.24) is 20.1 Å². The van der Waals surface area contributed by atoms with Crippen molar-refractivity contribution in [3.05, 3.63) is 58.6 Å². The molecule has 0 aliphatic carbocycles. The van der Waals surface area contributed by atoms with Crippen molar-refractivity contribution >= 4 is 22.4 Å². The van der Waals surface area contributed by atoms with E-state index in [9.17, 15) is 9.18 Å². The Labute approximate surface area is 166 Å². The van der Waals surface area contributed by atoms with Gasteiger partial charge in [-0.1, -0.05) is 6.92 Å². The van der Waals surface area contributed by atoms with E-state index in [1.54, 1.807) is 34.3 Å². The highest BCUT2D eigenvalue weighted by molar-refractivity contribution is 7.15. The summed E-state index contributed by atoms with van der Waals surface area (Å²) >= 11 is 1.54. The predicted molar refractivity (Wildman–Crippen MR) is 108 cm³/mol. The highest BCUT2D eigenvalue weighted by Gasteiger charge is 2.21. The van der Waals surface area contributed by atoms with Crippen LogP contribution in [0.2, 0.25) is 0 Å². The van der Waals surface area contributed by atoms with E-state index in [-0.39, 0.29) is 11.7 Å². The number of rotatable bonds is 5. The predicted octanol–water partition coefficient (Wildman–Crippen LogP) is 3.75. The topological polar surface area (TPSA) is 71.8 Å². The lowest BCUT2D eigenvalue weighted by Crippen LogP contribution is -2.26. The number of halogens is 1. The molecule has 0 radical (unpaired) electrons. The Balaban J connectivity index is 1.52. The zero-order chi connectivity index (χ0) is 19.5.